The molecule has 0 spiro atoms. The Hall–Kier alpha value is -4.19. The Morgan fingerprint density at radius 1 is 1.12 bits per heavy atom. The molecule has 0 unspecified atom stereocenters. The lowest BCUT2D eigenvalue weighted by atomic mass is 10.2. The molecule has 164 valence electrons. The Balaban J connectivity index is 1.74. The maximum absolute atomic E-state index is 13.7. The quantitative estimate of drug-likeness (QED) is 0.318. The van der Waals surface area contributed by atoms with Crippen molar-refractivity contribution in [3.63, 3.8) is 0 Å². The van der Waals surface area contributed by atoms with Gasteiger partial charge in [-0.25, -0.2) is 20.4 Å². The minimum absolute atomic E-state index is 0.00349. The van der Waals surface area contributed by atoms with Crippen molar-refractivity contribution >= 4 is 23.2 Å². The first-order chi connectivity index (χ1) is 15.3. The van der Waals surface area contributed by atoms with Crippen LogP contribution in [0.5, 0.6) is 5.75 Å². The minimum atomic E-state index is -4.71. The first-order valence-corrected chi connectivity index (χ1v) is 9.08. The second-order valence-corrected chi connectivity index (χ2v) is 6.51. The van der Waals surface area contributed by atoms with Crippen LogP contribution in [0.1, 0.15) is 16.1 Å². The Kier molecular flexibility index (Phi) is 5.36. The fourth-order valence-electron chi connectivity index (χ4n) is 3.04. The summed E-state index contributed by atoms with van der Waals surface area (Å²) in [7, 11) is 1.41. The fourth-order valence-corrected chi connectivity index (χ4v) is 3.04. The van der Waals surface area contributed by atoms with Crippen molar-refractivity contribution in [3.8, 4) is 17.1 Å². The SMILES string of the molecule is COc1ccn2c(-c3ccnc(Nc4ccc(C(=O)NO)cc4)n3)c(C(F)(F)F)nc2c1. The van der Waals surface area contributed by atoms with E-state index in [0.717, 1.165) is 0 Å². The summed E-state index contributed by atoms with van der Waals surface area (Å²) >= 11 is 0. The van der Waals surface area contributed by atoms with Crippen molar-refractivity contribution in [2.24, 2.45) is 0 Å². The van der Waals surface area contributed by atoms with Crippen molar-refractivity contribution < 1.29 is 27.9 Å². The van der Waals surface area contributed by atoms with Crippen LogP contribution in [0.25, 0.3) is 17.0 Å². The maximum Gasteiger partial charge on any atom is 0.435 e. The van der Waals surface area contributed by atoms with E-state index in [1.807, 2.05) is 0 Å². The van der Waals surface area contributed by atoms with E-state index in [1.54, 1.807) is 0 Å². The molecule has 12 heteroatoms. The molecule has 0 aliphatic heterocycles. The highest BCUT2D eigenvalue weighted by atomic mass is 19.4. The molecule has 0 saturated carbocycles. The molecule has 0 atom stereocenters. The number of hydroxylamine groups is 1. The van der Waals surface area contributed by atoms with Crippen molar-refractivity contribution in [1.82, 2.24) is 24.8 Å². The number of hydrogen-bond acceptors (Lipinski definition) is 7. The number of nitrogens with one attached hydrogen (secondary N) is 2. The van der Waals surface area contributed by atoms with E-state index in [1.165, 1.54) is 71.8 Å². The van der Waals surface area contributed by atoms with E-state index in [0.29, 0.717) is 11.4 Å². The molecule has 4 aromatic rings. The lowest BCUT2D eigenvalue weighted by molar-refractivity contribution is -0.140. The molecular formula is C20H15F3N6O3. The van der Waals surface area contributed by atoms with Gasteiger partial charge in [0.1, 0.15) is 17.1 Å². The van der Waals surface area contributed by atoms with Gasteiger partial charge in [0.2, 0.25) is 5.95 Å². The van der Waals surface area contributed by atoms with Crippen LogP contribution in [-0.4, -0.2) is 37.6 Å². The molecule has 3 heterocycles. The van der Waals surface area contributed by atoms with Crippen LogP contribution in [-0.2, 0) is 6.18 Å². The van der Waals surface area contributed by atoms with Gasteiger partial charge in [-0.3, -0.25) is 14.4 Å². The lowest BCUT2D eigenvalue weighted by Gasteiger charge is -2.10. The van der Waals surface area contributed by atoms with Crippen LogP contribution < -0.4 is 15.5 Å². The third kappa shape index (κ3) is 4.03. The van der Waals surface area contributed by atoms with Gasteiger partial charge >= 0.3 is 6.18 Å². The molecule has 3 aromatic heterocycles. The first-order valence-electron chi connectivity index (χ1n) is 9.08. The number of alkyl halides is 3. The third-order valence-corrected chi connectivity index (χ3v) is 4.50. The number of rotatable bonds is 5. The van der Waals surface area contributed by atoms with E-state index in [9.17, 15) is 18.0 Å². The number of benzene rings is 1. The van der Waals surface area contributed by atoms with Crippen molar-refractivity contribution in [3.05, 3.63) is 66.1 Å². The summed E-state index contributed by atoms with van der Waals surface area (Å²) in [5.74, 6) is -0.275. The number of fused-ring (bicyclic) bond motifs is 1. The summed E-state index contributed by atoms with van der Waals surface area (Å²) in [5, 5.41) is 11.5. The number of ether oxygens (including phenoxy) is 1. The molecule has 0 aliphatic carbocycles. The van der Waals surface area contributed by atoms with Gasteiger partial charge in [0.25, 0.3) is 5.91 Å². The lowest BCUT2D eigenvalue weighted by Crippen LogP contribution is -2.18. The van der Waals surface area contributed by atoms with Gasteiger partial charge in [0.15, 0.2) is 5.69 Å². The number of anilines is 2. The van der Waals surface area contributed by atoms with Crippen LogP contribution in [0.15, 0.2) is 54.9 Å². The molecular weight excluding hydrogens is 429 g/mol. The maximum atomic E-state index is 13.7. The number of pyridine rings is 1. The van der Waals surface area contributed by atoms with Gasteiger partial charge in [-0.1, -0.05) is 0 Å². The van der Waals surface area contributed by atoms with Crippen LogP contribution in [0, 0.1) is 0 Å². The van der Waals surface area contributed by atoms with Crippen LogP contribution in [0.2, 0.25) is 0 Å². The Bertz CT molecular complexity index is 1290. The molecule has 0 fully saturated rings. The Labute approximate surface area is 178 Å². The zero-order valence-electron chi connectivity index (χ0n) is 16.4. The second kappa shape index (κ2) is 8.15. The Morgan fingerprint density at radius 2 is 1.88 bits per heavy atom. The Morgan fingerprint density at radius 3 is 2.53 bits per heavy atom. The summed E-state index contributed by atoms with van der Waals surface area (Å²) in [6.07, 6.45) is -1.97. The van der Waals surface area contributed by atoms with E-state index in [2.05, 4.69) is 20.3 Å². The number of amides is 1. The van der Waals surface area contributed by atoms with Crippen molar-refractivity contribution in [2.75, 3.05) is 12.4 Å². The number of carbonyl (C=O) groups excluding carboxylic acids is 1. The molecule has 1 aromatic carbocycles. The fraction of sp³-hybridized carbons (Fsp3) is 0.100. The zero-order chi connectivity index (χ0) is 22.9. The molecule has 1 amide bonds. The molecule has 3 N–H and O–H groups in total. The standard InChI is InChI=1S/C20H15F3N6O3/c1-32-13-7-9-29-15(10-13)27-17(20(21,22)23)16(29)14-6-8-24-19(26-14)25-12-4-2-11(3-5-12)18(30)28-31/h2-10,31H,1H3,(H,28,30)(H,24,25,26). The number of hydrogen-bond donors (Lipinski definition) is 3. The topological polar surface area (TPSA) is 114 Å². The highest BCUT2D eigenvalue weighted by molar-refractivity contribution is 5.93. The van der Waals surface area contributed by atoms with Crippen molar-refractivity contribution in [1.29, 1.82) is 0 Å². The normalized spacial score (nSPS) is 11.4. The molecule has 0 bridgehead atoms. The molecule has 0 aliphatic rings. The number of nitrogens with zero attached hydrogens (tertiary/aromatic N) is 4. The van der Waals surface area contributed by atoms with E-state index < -0.39 is 17.8 Å². The van der Waals surface area contributed by atoms with Crippen LogP contribution >= 0.6 is 0 Å². The predicted molar refractivity (Wildman–Crippen MR) is 107 cm³/mol. The van der Waals surface area contributed by atoms with Gasteiger partial charge in [-0.05, 0) is 36.4 Å². The minimum Gasteiger partial charge on any atom is -0.497 e. The molecule has 4 rings (SSSR count). The van der Waals surface area contributed by atoms with Gasteiger partial charge in [0, 0.05) is 29.7 Å². The molecule has 0 radical (unpaired) electrons. The van der Waals surface area contributed by atoms with E-state index in [4.69, 9.17) is 9.94 Å². The number of imidazole rings is 1. The van der Waals surface area contributed by atoms with Gasteiger partial charge in [-0.2, -0.15) is 13.2 Å². The first kappa shape index (κ1) is 21.1. The molecule has 0 saturated heterocycles. The van der Waals surface area contributed by atoms with E-state index in [-0.39, 0.29) is 28.5 Å². The highest BCUT2D eigenvalue weighted by Gasteiger charge is 2.39. The van der Waals surface area contributed by atoms with Gasteiger partial charge < -0.3 is 10.1 Å². The monoisotopic (exact) mass is 444 g/mol. The number of carbonyl (C=O) groups is 1. The summed E-state index contributed by atoms with van der Waals surface area (Å²) in [5.41, 5.74) is 0.943. The van der Waals surface area contributed by atoms with Gasteiger partial charge in [0.05, 0.1) is 12.8 Å². The largest absolute Gasteiger partial charge is 0.497 e. The zero-order valence-corrected chi connectivity index (χ0v) is 16.4. The molecule has 32 heavy (non-hydrogen) atoms. The summed E-state index contributed by atoms with van der Waals surface area (Å²) in [4.78, 5) is 23.4. The average molecular weight is 444 g/mol. The average Bonchev–Trinajstić information content (AvgIpc) is 3.18. The van der Waals surface area contributed by atoms with Gasteiger partial charge in [-0.15, -0.1) is 0 Å². The van der Waals surface area contributed by atoms with E-state index >= 15 is 0 Å². The van der Waals surface area contributed by atoms with Crippen LogP contribution in [0.3, 0.4) is 0 Å². The number of aromatic nitrogens is 4. The number of methoxy groups -OCH3 is 1. The van der Waals surface area contributed by atoms with Crippen LogP contribution in [0.4, 0.5) is 24.8 Å². The second-order valence-electron chi connectivity index (χ2n) is 6.51. The summed E-state index contributed by atoms with van der Waals surface area (Å²) in [6, 6.07) is 10.2. The smallest absolute Gasteiger partial charge is 0.435 e. The third-order valence-electron chi connectivity index (χ3n) is 4.50. The molecule has 9 nitrogen and oxygen atoms in total. The number of halogens is 3. The summed E-state index contributed by atoms with van der Waals surface area (Å²) < 4.78 is 47.5. The summed E-state index contributed by atoms with van der Waals surface area (Å²) in [6.45, 7) is 0. The van der Waals surface area contributed by atoms with Crippen molar-refractivity contribution in [2.45, 2.75) is 6.18 Å². The predicted octanol–water partition coefficient (Wildman–Crippen LogP) is 3.68. The highest BCUT2D eigenvalue weighted by Crippen LogP contribution is 2.37.